The Bertz CT molecular complexity index is 1860. The van der Waals surface area contributed by atoms with Gasteiger partial charge in [0.1, 0.15) is 0 Å². The Labute approximate surface area is 300 Å². The van der Waals surface area contributed by atoms with Gasteiger partial charge in [-0.2, -0.15) is 0 Å². The van der Waals surface area contributed by atoms with Crippen molar-refractivity contribution in [2.24, 2.45) is 0 Å². The van der Waals surface area contributed by atoms with Gasteiger partial charge in [0.15, 0.2) is 0 Å². The van der Waals surface area contributed by atoms with E-state index in [1.54, 1.807) is 0 Å². The molecule has 2 atom stereocenters. The maximum absolute atomic E-state index is 6.74. The number of ether oxygens (including phenoxy) is 3. The van der Waals surface area contributed by atoms with Gasteiger partial charge in [0.05, 0.1) is 63.1 Å². The second-order valence-electron chi connectivity index (χ2n) is 13.7. The topological polar surface area (TPSA) is 60.0 Å². The van der Waals surface area contributed by atoms with Gasteiger partial charge in [0.2, 0.25) is 0 Å². The average molecular weight is 679 g/mol. The van der Waals surface area contributed by atoms with Crippen LogP contribution in [0.3, 0.4) is 0 Å². The first kappa shape index (κ1) is 33.6. The molecule has 6 aromatic rings. The van der Waals surface area contributed by atoms with Crippen LogP contribution in [0.1, 0.15) is 45.7 Å². The van der Waals surface area contributed by atoms with E-state index in [1.807, 2.05) is 12.4 Å². The molecule has 2 saturated heterocycles. The lowest BCUT2D eigenvalue weighted by atomic mass is 9.99. The van der Waals surface area contributed by atoms with Gasteiger partial charge < -0.3 is 14.2 Å². The van der Waals surface area contributed by atoms with E-state index in [2.05, 4.69) is 119 Å². The standard InChI is InChI=1S/C44H46N4O3/c1-3-7-39-35(5-1)17-19-45-41(39)29-33-9-13-37(14-10-33)43(47-21-25-49-26-22-47)31-51-32-44(48-23-27-50-28-24-48)38-15-11-34(12-16-38)30-42-40-8-4-2-6-36(40)18-20-46-42/h1-20,43-44H,21-32H2. The lowest BCUT2D eigenvalue weighted by Crippen LogP contribution is -2.42. The van der Waals surface area contributed by atoms with Gasteiger partial charge in [0, 0.05) is 62.2 Å². The number of fused-ring (bicyclic) bond motifs is 2. The highest BCUT2D eigenvalue weighted by atomic mass is 16.5. The summed E-state index contributed by atoms with van der Waals surface area (Å²) in [6.07, 6.45) is 5.44. The average Bonchev–Trinajstić information content (AvgIpc) is 3.20. The Balaban J connectivity index is 0.972. The molecule has 51 heavy (non-hydrogen) atoms. The van der Waals surface area contributed by atoms with E-state index >= 15 is 0 Å². The van der Waals surface area contributed by atoms with Crippen molar-refractivity contribution >= 4 is 21.5 Å². The van der Waals surface area contributed by atoms with Gasteiger partial charge in [-0.1, -0.05) is 97.1 Å². The predicted molar refractivity (Wildman–Crippen MR) is 203 cm³/mol. The third-order valence-corrected chi connectivity index (χ3v) is 10.5. The first-order valence-corrected chi connectivity index (χ1v) is 18.3. The Morgan fingerprint density at radius 3 is 1.35 bits per heavy atom. The van der Waals surface area contributed by atoms with Crippen LogP contribution >= 0.6 is 0 Å². The minimum absolute atomic E-state index is 0.152. The molecular formula is C44H46N4O3. The summed E-state index contributed by atoms with van der Waals surface area (Å²) in [5.41, 5.74) is 7.30. The highest BCUT2D eigenvalue weighted by molar-refractivity contribution is 5.85. The van der Waals surface area contributed by atoms with Crippen molar-refractivity contribution in [1.82, 2.24) is 19.8 Å². The molecule has 2 aliphatic heterocycles. The highest BCUT2D eigenvalue weighted by Gasteiger charge is 2.26. The molecule has 7 nitrogen and oxygen atoms in total. The third-order valence-electron chi connectivity index (χ3n) is 10.5. The number of hydrogen-bond acceptors (Lipinski definition) is 7. The first-order chi connectivity index (χ1) is 25.3. The van der Waals surface area contributed by atoms with Gasteiger partial charge >= 0.3 is 0 Å². The molecule has 8 rings (SSSR count). The van der Waals surface area contributed by atoms with Crippen molar-refractivity contribution in [2.45, 2.75) is 24.9 Å². The second-order valence-corrected chi connectivity index (χ2v) is 13.7. The van der Waals surface area contributed by atoms with Crippen LogP contribution in [0, 0.1) is 0 Å². The Morgan fingerprint density at radius 2 is 0.922 bits per heavy atom. The molecule has 7 heteroatoms. The molecule has 4 aromatic carbocycles. The summed E-state index contributed by atoms with van der Waals surface area (Å²) < 4.78 is 18.2. The van der Waals surface area contributed by atoms with Crippen molar-refractivity contribution in [3.8, 4) is 0 Å². The zero-order chi connectivity index (χ0) is 34.2. The van der Waals surface area contributed by atoms with Crippen LogP contribution in [0.5, 0.6) is 0 Å². The summed E-state index contributed by atoms with van der Waals surface area (Å²) in [7, 11) is 0. The maximum Gasteiger partial charge on any atom is 0.0664 e. The number of hydrogen-bond donors (Lipinski definition) is 0. The SMILES string of the molecule is c1ccc2c(Cc3ccc(C(COCC(c4ccc(Cc5nccc6ccccc56)cc4)N4CCOCC4)N4CCOCC4)cc3)nccc2c1. The summed E-state index contributed by atoms with van der Waals surface area (Å²) in [6.45, 7) is 7.83. The summed E-state index contributed by atoms with van der Waals surface area (Å²) in [5, 5.41) is 4.89. The van der Waals surface area contributed by atoms with Gasteiger partial charge in [-0.3, -0.25) is 19.8 Å². The normalized spacial score (nSPS) is 17.1. The summed E-state index contributed by atoms with van der Waals surface area (Å²) >= 11 is 0. The fourth-order valence-electron chi connectivity index (χ4n) is 7.64. The molecular weight excluding hydrogens is 633 g/mol. The van der Waals surface area contributed by atoms with E-state index in [9.17, 15) is 0 Å². The second kappa shape index (κ2) is 16.2. The van der Waals surface area contributed by atoms with Gasteiger partial charge in [0.25, 0.3) is 0 Å². The lowest BCUT2D eigenvalue weighted by Gasteiger charge is -2.37. The zero-order valence-electron chi connectivity index (χ0n) is 29.2. The number of nitrogens with zero attached hydrogens (tertiary/aromatic N) is 4. The molecule has 2 aromatic heterocycles. The number of aromatic nitrogens is 2. The Morgan fingerprint density at radius 1 is 0.510 bits per heavy atom. The Kier molecular flexibility index (Phi) is 10.7. The lowest BCUT2D eigenvalue weighted by molar-refractivity contribution is -0.0363. The molecule has 4 heterocycles. The maximum atomic E-state index is 6.74. The number of morpholine rings is 2. The molecule has 0 saturated carbocycles. The van der Waals surface area contributed by atoms with Crippen molar-refractivity contribution in [3.05, 3.63) is 155 Å². The van der Waals surface area contributed by atoms with Crippen LogP contribution in [0.25, 0.3) is 21.5 Å². The fraction of sp³-hybridized carbons (Fsp3) is 0.318. The highest BCUT2D eigenvalue weighted by Crippen LogP contribution is 2.28. The quantitative estimate of drug-likeness (QED) is 0.134. The number of pyridine rings is 2. The summed E-state index contributed by atoms with van der Waals surface area (Å²) in [6, 6.07) is 39.6. The van der Waals surface area contributed by atoms with E-state index in [0.29, 0.717) is 13.2 Å². The van der Waals surface area contributed by atoms with Crippen molar-refractivity contribution in [2.75, 3.05) is 65.8 Å². The van der Waals surface area contributed by atoms with E-state index < -0.39 is 0 Å². The molecule has 0 amide bonds. The number of rotatable bonds is 12. The molecule has 2 fully saturated rings. The molecule has 0 bridgehead atoms. The van der Waals surface area contributed by atoms with Crippen LogP contribution < -0.4 is 0 Å². The van der Waals surface area contributed by atoms with Crippen LogP contribution in [0.2, 0.25) is 0 Å². The van der Waals surface area contributed by atoms with Crippen molar-refractivity contribution in [1.29, 1.82) is 0 Å². The van der Waals surface area contributed by atoms with Crippen LogP contribution in [-0.4, -0.2) is 85.6 Å². The zero-order valence-corrected chi connectivity index (χ0v) is 29.2. The number of benzene rings is 4. The minimum atomic E-state index is 0.152. The summed E-state index contributed by atoms with van der Waals surface area (Å²) in [5.74, 6) is 0. The van der Waals surface area contributed by atoms with Crippen molar-refractivity contribution < 1.29 is 14.2 Å². The van der Waals surface area contributed by atoms with Gasteiger partial charge in [-0.15, -0.1) is 0 Å². The van der Waals surface area contributed by atoms with E-state index in [1.165, 1.54) is 43.8 Å². The van der Waals surface area contributed by atoms with Crippen molar-refractivity contribution in [3.63, 3.8) is 0 Å². The molecule has 2 unspecified atom stereocenters. The fourth-order valence-corrected chi connectivity index (χ4v) is 7.64. The monoisotopic (exact) mass is 678 g/mol. The van der Waals surface area contributed by atoms with E-state index in [0.717, 1.165) is 76.8 Å². The van der Waals surface area contributed by atoms with E-state index in [-0.39, 0.29) is 12.1 Å². The van der Waals surface area contributed by atoms with Gasteiger partial charge in [-0.25, -0.2) is 0 Å². The van der Waals surface area contributed by atoms with E-state index in [4.69, 9.17) is 24.2 Å². The molecule has 0 radical (unpaired) electrons. The largest absolute Gasteiger partial charge is 0.379 e. The van der Waals surface area contributed by atoms with Crippen LogP contribution in [0.15, 0.2) is 122 Å². The summed E-state index contributed by atoms with van der Waals surface area (Å²) in [4.78, 5) is 14.5. The molecule has 0 N–H and O–H groups in total. The molecule has 0 spiro atoms. The predicted octanol–water partition coefficient (Wildman–Crippen LogP) is 7.43. The first-order valence-electron chi connectivity index (χ1n) is 18.3. The van der Waals surface area contributed by atoms with Gasteiger partial charge in [-0.05, 0) is 45.2 Å². The minimum Gasteiger partial charge on any atom is -0.379 e. The third kappa shape index (κ3) is 8.04. The van der Waals surface area contributed by atoms with Crippen LogP contribution in [0.4, 0.5) is 0 Å². The Hall–Kier alpha value is -4.50. The smallest absolute Gasteiger partial charge is 0.0664 e. The molecule has 2 aliphatic rings. The van der Waals surface area contributed by atoms with Crippen LogP contribution in [-0.2, 0) is 27.1 Å². The molecule has 0 aliphatic carbocycles. The molecule has 260 valence electrons.